The van der Waals surface area contributed by atoms with Crippen molar-refractivity contribution >= 4 is 5.78 Å². The van der Waals surface area contributed by atoms with Gasteiger partial charge in [0.2, 0.25) is 0 Å². The van der Waals surface area contributed by atoms with Crippen molar-refractivity contribution < 1.29 is 4.79 Å². The van der Waals surface area contributed by atoms with Crippen LogP contribution in [0.4, 0.5) is 0 Å². The fourth-order valence-corrected chi connectivity index (χ4v) is 1.28. The topological polar surface area (TPSA) is 30.0 Å². The van der Waals surface area contributed by atoms with E-state index >= 15 is 0 Å². The molecule has 0 fully saturated rings. The maximum Gasteiger partial charge on any atom is 0.182 e. The molecule has 1 aliphatic carbocycles. The predicted octanol–water partition coefficient (Wildman–Crippen LogP) is 1.69. The van der Waals surface area contributed by atoms with Gasteiger partial charge in [-0.1, -0.05) is 18.2 Å². The number of aromatic nitrogens is 1. The van der Waals surface area contributed by atoms with Gasteiger partial charge in [-0.15, -0.1) is 0 Å². The molecular weight excluding hydrogens is 162 g/mol. The summed E-state index contributed by atoms with van der Waals surface area (Å²) in [5, 5.41) is 0. The van der Waals surface area contributed by atoms with Gasteiger partial charge in [0.25, 0.3) is 0 Å². The molecule has 0 N–H and O–H groups in total. The Kier molecular flexibility index (Phi) is 2.04. The Bertz CT molecular complexity index is 376. The first-order valence-corrected chi connectivity index (χ1v) is 4.18. The highest BCUT2D eigenvalue weighted by atomic mass is 16.1. The van der Waals surface area contributed by atoms with Crippen LogP contribution in [0.5, 0.6) is 0 Å². The van der Waals surface area contributed by atoms with Gasteiger partial charge in [0.1, 0.15) is 0 Å². The molecule has 0 saturated heterocycles. The molecule has 1 aromatic heterocycles. The van der Waals surface area contributed by atoms with Gasteiger partial charge >= 0.3 is 0 Å². The number of rotatable bonds is 2. The van der Waals surface area contributed by atoms with E-state index < -0.39 is 0 Å². The average Bonchev–Trinajstić information content (AvgIpc) is 2.54. The summed E-state index contributed by atoms with van der Waals surface area (Å²) in [6.45, 7) is 0. The highest BCUT2D eigenvalue weighted by Crippen LogP contribution is 2.11. The molecule has 0 amide bonds. The number of carbonyl (C=O) groups excluding carboxylic acids is 1. The van der Waals surface area contributed by atoms with Crippen LogP contribution in [0.1, 0.15) is 5.69 Å². The summed E-state index contributed by atoms with van der Waals surface area (Å²) in [7, 11) is 0. The van der Waals surface area contributed by atoms with E-state index in [9.17, 15) is 4.79 Å². The smallest absolute Gasteiger partial charge is 0.182 e. The van der Waals surface area contributed by atoms with Crippen LogP contribution in [-0.2, 0) is 11.2 Å². The second-order valence-electron chi connectivity index (χ2n) is 2.91. The SMILES string of the molecule is O=C1C=CC=C1Cc1ccccn1. The summed E-state index contributed by atoms with van der Waals surface area (Å²) in [5.41, 5.74) is 1.75. The maximum absolute atomic E-state index is 11.2. The molecule has 64 valence electrons. The maximum atomic E-state index is 11.2. The fourth-order valence-electron chi connectivity index (χ4n) is 1.28. The molecule has 0 saturated carbocycles. The fraction of sp³-hybridized carbons (Fsp3) is 0.0909. The second-order valence-corrected chi connectivity index (χ2v) is 2.91. The van der Waals surface area contributed by atoms with E-state index in [1.807, 2.05) is 24.3 Å². The van der Waals surface area contributed by atoms with Gasteiger partial charge in [-0.25, -0.2) is 0 Å². The molecule has 0 unspecified atom stereocenters. The molecule has 13 heavy (non-hydrogen) atoms. The van der Waals surface area contributed by atoms with E-state index in [0.29, 0.717) is 6.42 Å². The minimum Gasteiger partial charge on any atom is -0.290 e. The standard InChI is InChI=1S/C11H9NO/c13-11-6-3-4-9(11)8-10-5-1-2-7-12-10/h1-7H,8H2. The van der Waals surface area contributed by atoms with Crippen molar-refractivity contribution in [1.82, 2.24) is 4.98 Å². The number of carbonyl (C=O) groups is 1. The Morgan fingerprint density at radius 3 is 2.85 bits per heavy atom. The van der Waals surface area contributed by atoms with Crippen LogP contribution in [0.2, 0.25) is 0 Å². The third-order valence-electron chi connectivity index (χ3n) is 1.96. The zero-order valence-corrected chi connectivity index (χ0v) is 7.10. The first kappa shape index (κ1) is 7.92. The number of hydrogen-bond donors (Lipinski definition) is 0. The molecule has 2 heteroatoms. The lowest BCUT2D eigenvalue weighted by molar-refractivity contribution is -0.111. The lowest BCUT2D eigenvalue weighted by Crippen LogP contribution is -1.99. The van der Waals surface area contributed by atoms with Crippen LogP contribution in [0.25, 0.3) is 0 Å². The molecule has 0 radical (unpaired) electrons. The van der Waals surface area contributed by atoms with Crippen molar-refractivity contribution in [1.29, 1.82) is 0 Å². The highest BCUT2D eigenvalue weighted by Gasteiger charge is 2.10. The van der Waals surface area contributed by atoms with Gasteiger partial charge in [-0.2, -0.15) is 0 Å². The average molecular weight is 171 g/mol. The summed E-state index contributed by atoms with van der Waals surface area (Å²) in [5.74, 6) is 0.102. The summed E-state index contributed by atoms with van der Waals surface area (Å²) < 4.78 is 0. The van der Waals surface area contributed by atoms with Crippen LogP contribution < -0.4 is 0 Å². The number of allylic oxidation sites excluding steroid dienone is 4. The van der Waals surface area contributed by atoms with Crippen molar-refractivity contribution in [2.75, 3.05) is 0 Å². The molecule has 1 heterocycles. The van der Waals surface area contributed by atoms with Gasteiger partial charge in [0.05, 0.1) is 0 Å². The van der Waals surface area contributed by atoms with E-state index in [2.05, 4.69) is 4.98 Å². The monoisotopic (exact) mass is 171 g/mol. The molecule has 2 rings (SSSR count). The Morgan fingerprint density at radius 1 is 1.31 bits per heavy atom. The number of ketones is 1. The largest absolute Gasteiger partial charge is 0.290 e. The van der Waals surface area contributed by atoms with Gasteiger partial charge in [0.15, 0.2) is 5.78 Å². The molecule has 2 nitrogen and oxygen atoms in total. The Labute approximate surface area is 76.6 Å². The Balaban J connectivity index is 2.12. The molecule has 0 atom stereocenters. The molecule has 1 aromatic rings. The van der Waals surface area contributed by atoms with E-state index in [4.69, 9.17) is 0 Å². The van der Waals surface area contributed by atoms with Crippen molar-refractivity contribution in [3.05, 3.63) is 53.9 Å². The normalized spacial score (nSPS) is 14.8. The summed E-state index contributed by atoms with van der Waals surface area (Å²) in [6, 6.07) is 5.72. The number of pyridine rings is 1. The summed E-state index contributed by atoms with van der Waals surface area (Å²) >= 11 is 0. The van der Waals surface area contributed by atoms with Crippen LogP contribution in [0, 0.1) is 0 Å². The third kappa shape index (κ3) is 1.72. The van der Waals surface area contributed by atoms with Gasteiger partial charge in [-0.3, -0.25) is 9.78 Å². The van der Waals surface area contributed by atoms with E-state index in [1.54, 1.807) is 18.3 Å². The van der Waals surface area contributed by atoms with Crippen molar-refractivity contribution in [3.63, 3.8) is 0 Å². The van der Waals surface area contributed by atoms with Crippen molar-refractivity contribution in [2.24, 2.45) is 0 Å². The lowest BCUT2D eigenvalue weighted by Gasteiger charge is -1.98. The van der Waals surface area contributed by atoms with Crippen LogP contribution in [0.15, 0.2) is 48.2 Å². The predicted molar refractivity (Wildman–Crippen MR) is 50.2 cm³/mol. The first-order chi connectivity index (χ1) is 6.36. The molecule has 0 bridgehead atoms. The van der Waals surface area contributed by atoms with E-state index in [-0.39, 0.29) is 5.78 Å². The van der Waals surface area contributed by atoms with E-state index in [0.717, 1.165) is 11.3 Å². The highest BCUT2D eigenvalue weighted by molar-refractivity contribution is 6.07. The third-order valence-corrected chi connectivity index (χ3v) is 1.96. The molecule has 0 aromatic carbocycles. The minimum absolute atomic E-state index is 0.102. The van der Waals surface area contributed by atoms with Crippen LogP contribution >= 0.6 is 0 Å². The van der Waals surface area contributed by atoms with E-state index in [1.165, 1.54) is 0 Å². The molecule has 0 aliphatic heterocycles. The van der Waals surface area contributed by atoms with Crippen molar-refractivity contribution in [3.8, 4) is 0 Å². The van der Waals surface area contributed by atoms with Gasteiger partial charge in [-0.05, 0) is 18.2 Å². The molecular formula is C11H9NO. The zero-order valence-electron chi connectivity index (χ0n) is 7.10. The van der Waals surface area contributed by atoms with Crippen molar-refractivity contribution in [2.45, 2.75) is 6.42 Å². The Morgan fingerprint density at radius 2 is 2.23 bits per heavy atom. The first-order valence-electron chi connectivity index (χ1n) is 4.18. The Hall–Kier alpha value is -1.70. The quantitative estimate of drug-likeness (QED) is 0.677. The molecule has 0 spiro atoms. The molecule has 1 aliphatic rings. The minimum atomic E-state index is 0.102. The number of hydrogen-bond acceptors (Lipinski definition) is 2. The number of nitrogens with zero attached hydrogens (tertiary/aromatic N) is 1. The lowest BCUT2D eigenvalue weighted by atomic mass is 10.1. The summed E-state index contributed by atoms with van der Waals surface area (Å²) in [6.07, 6.45) is 7.57. The van der Waals surface area contributed by atoms with Crippen LogP contribution in [-0.4, -0.2) is 10.8 Å². The summed E-state index contributed by atoms with van der Waals surface area (Å²) in [4.78, 5) is 15.4. The zero-order chi connectivity index (χ0) is 9.10. The van der Waals surface area contributed by atoms with Gasteiger partial charge < -0.3 is 0 Å². The second kappa shape index (κ2) is 3.35. The van der Waals surface area contributed by atoms with Crippen LogP contribution in [0.3, 0.4) is 0 Å². The van der Waals surface area contributed by atoms with Gasteiger partial charge in [0, 0.05) is 23.9 Å².